The summed E-state index contributed by atoms with van der Waals surface area (Å²) in [4.78, 5) is 38.7. The van der Waals surface area contributed by atoms with Gasteiger partial charge >= 0.3 is 6.03 Å². The standard InChI is InChI=1S/C25H28N2O6/c1-4-5-6-7-14-33-21-13-8-17(16-22(21)32-3)15-20-23(28)26-25(30)27(24(20)29)18-9-11-19(31-2)12-10-18/h8-13,15-16H,4-7,14H2,1-3H3,(H,26,28,30). The number of unbranched alkanes of at least 4 members (excludes halogenated alkanes) is 3. The van der Waals surface area contributed by atoms with Crippen molar-refractivity contribution in [3.05, 3.63) is 53.6 Å². The Kier molecular flexibility index (Phi) is 8.07. The Morgan fingerprint density at radius 2 is 1.67 bits per heavy atom. The zero-order chi connectivity index (χ0) is 23.8. The average molecular weight is 453 g/mol. The number of benzene rings is 2. The molecule has 1 saturated heterocycles. The lowest BCUT2D eigenvalue weighted by Crippen LogP contribution is -2.54. The Morgan fingerprint density at radius 1 is 0.909 bits per heavy atom. The highest BCUT2D eigenvalue weighted by atomic mass is 16.5. The van der Waals surface area contributed by atoms with Crippen molar-refractivity contribution in [3.63, 3.8) is 0 Å². The van der Waals surface area contributed by atoms with Gasteiger partial charge in [-0.1, -0.05) is 32.3 Å². The van der Waals surface area contributed by atoms with E-state index in [0.29, 0.717) is 35.1 Å². The van der Waals surface area contributed by atoms with Crippen LogP contribution in [0.1, 0.15) is 38.2 Å². The molecular weight excluding hydrogens is 424 g/mol. The highest BCUT2D eigenvalue weighted by Crippen LogP contribution is 2.30. The molecule has 0 aromatic heterocycles. The van der Waals surface area contributed by atoms with Crippen LogP contribution >= 0.6 is 0 Å². The molecule has 2 aromatic carbocycles. The van der Waals surface area contributed by atoms with Crippen LogP contribution < -0.4 is 24.4 Å². The molecule has 1 aliphatic heterocycles. The van der Waals surface area contributed by atoms with Gasteiger partial charge < -0.3 is 14.2 Å². The maximum absolute atomic E-state index is 13.0. The molecule has 0 unspecified atom stereocenters. The van der Waals surface area contributed by atoms with Gasteiger partial charge in [0.2, 0.25) is 0 Å². The maximum Gasteiger partial charge on any atom is 0.335 e. The van der Waals surface area contributed by atoms with Crippen molar-refractivity contribution in [2.75, 3.05) is 25.7 Å². The lowest BCUT2D eigenvalue weighted by atomic mass is 10.1. The number of hydrogen-bond donors (Lipinski definition) is 1. The average Bonchev–Trinajstić information content (AvgIpc) is 2.82. The van der Waals surface area contributed by atoms with Crippen LogP contribution in [0.4, 0.5) is 10.5 Å². The van der Waals surface area contributed by atoms with E-state index in [1.54, 1.807) is 42.5 Å². The quantitative estimate of drug-likeness (QED) is 0.328. The van der Waals surface area contributed by atoms with Gasteiger partial charge in [0, 0.05) is 0 Å². The molecule has 4 amide bonds. The summed E-state index contributed by atoms with van der Waals surface area (Å²) in [5.74, 6) is 0.182. The lowest BCUT2D eigenvalue weighted by Gasteiger charge is -2.26. The van der Waals surface area contributed by atoms with Crippen LogP contribution in [0.25, 0.3) is 6.08 Å². The van der Waals surface area contributed by atoms with Crippen LogP contribution in [-0.4, -0.2) is 38.7 Å². The third-order valence-corrected chi connectivity index (χ3v) is 5.19. The Morgan fingerprint density at radius 3 is 2.33 bits per heavy atom. The SMILES string of the molecule is CCCCCCOc1ccc(C=C2C(=O)NC(=O)N(c3ccc(OC)cc3)C2=O)cc1OC. The summed E-state index contributed by atoms with van der Waals surface area (Å²) in [6.45, 7) is 2.73. The van der Waals surface area contributed by atoms with Gasteiger partial charge in [0.15, 0.2) is 11.5 Å². The molecule has 2 aromatic rings. The first-order chi connectivity index (χ1) is 16.0. The number of rotatable bonds is 10. The molecule has 8 nitrogen and oxygen atoms in total. The van der Waals surface area contributed by atoms with E-state index in [0.717, 1.165) is 24.2 Å². The third kappa shape index (κ3) is 5.71. The topological polar surface area (TPSA) is 94.2 Å². The number of hydrogen-bond acceptors (Lipinski definition) is 6. The molecule has 8 heteroatoms. The molecule has 0 spiro atoms. The summed E-state index contributed by atoms with van der Waals surface area (Å²) >= 11 is 0. The number of barbiturate groups is 1. The number of anilines is 1. The second kappa shape index (κ2) is 11.2. The van der Waals surface area contributed by atoms with Gasteiger partial charge in [0.1, 0.15) is 11.3 Å². The summed E-state index contributed by atoms with van der Waals surface area (Å²) in [6, 6.07) is 10.7. The molecule has 174 valence electrons. The monoisotopic (exact) mass is 452 g/mol. The fourth-order valence-electron chi connectivity index (χ4n) is 3.39. The van der Waals surface area contributed by atoms with Gasteiger partial charge in [-0.2, -0.15) is 0 Å². The Bertz CT molecular complexity index is 1050. The molecule has 0 bridgehead atoms. The zero-order valence-electron chi connectivity index (χ0n) is 19.1. The maximum atomic E-state index is 13.0. The lowest BCUT2D eigenvalue weighted by molar-refractivity contribution is -0.122. The van der Waals surface area contributed by atoms with Crippen molar-refractivity contribution in [3.8, 4) is 17.2 Å². The van der Waals surface area contributed by atoms with E-state index in [2.05, 4.69) is 12.2 Å². The van der Waals surface area contributed by atoms with E-state index in [1.165, 1.54) is 26.7 Å². The van der Waals surface area contributed by atoms with Crippen LogP contribution in [0, 0.1) is 0 Å². The zero-order valence-corrected chi connectivity index (χ0v) is 19.1. The largest absolute Gasteiger partial charge is 0.497 e. The highest BCUT2D eigenvalue weighted by Gasteiger charge is 2.36. The number of nitrogens with zero attached hydrogens (tertiary/aromatic N) is 1. The number of methoxy groups -OCH3 is 2. The van der Waals surface area contributed by atoms with Gasteiger partial charge in [0.05, 0.1) is 26.5 Å². The summed E-state index contributed by atoms with van der Waals surface area (Å²) < 4.78 is 16.3. The van der Waals surface area contributed by atoms with Crippen LogP contribution in [0.3, 0.4) is 0 Å². The molecule has 0 saturated carbocycles. The first kappa shape index (κ1) is 23.8. The van der Waals surface area contributed by atoms with E-state index in [-0.39, 0.29) is 5.57 Å². The van der Waals surface area contributed by atoms with E-state index in [4.69, 9.17) is 14.2 Å². The fourth-order valence-corrected chi connectivity index (χ4v) is 3.39. The Balaban J connectivity index is 1.82. The summed E-state index contributed by atoms with van der Waals surface area (Å²) in [6.07, 6.45) is 5.80. The van der Waals surface area contributed by atoms with Crippen molar-refractivity contribution in [2.45, 2.75) is 32.6 Å². The number of nitrogens with one attached hydrogen (secondary N) is 1. The van der Waals surface area contributed by atoms with Crippen LogP contribution in [-0.2, 0) is 9.59 Å². The van der Waals surface area contributed by atoms with Crippen molar-refractivity contribution < 1.29 is 28.6 Å². The molecular formula is C25H28N2O6. The fraction of sp³-hybridized carbons (Fsp3) is 0.320. The predicted molar refractivity (Wildman–Crippen MR) is 125 cm³/mol. The van der Waals surface area contributed by atoms with Gasteiger partial charge in [-0.25, -0.2) is 9.69 Å². The van der Waals surface area contributed by atoms with E-state index in [9.17, 15) is 14.4 Å². The normalized spacial score (nSPS) is 14.9. The van der Waals surface area contributed by atoms with Crippen molar-refractivity contribution in [1.82, 2.24) is 5.32 Å². The Labute approximate surface area is 193 Å². The van der Waals surface area contributed by atoms with Crippen molar-refractivity contribution >= 4 is 29.6 Å². The van der Waals surface area contributed by atoms with Gasteiger partial charge in [-0.15, -0.1) is 0 Å². The molecule has 33 heavy (non-hydrogen) atoms. The van der Waals surface area contributed by atoms with Crippen LogP contribution in [0.2, 0.25) is 0 Å². The second-order valence-corrected chi connectivity index (χ2v) is 7.48. The van der Waals surface area contributed by atoms with E-state index < -0.39 is 17.8 Å². The minimum Gasteiger partial charge on any atom is -0.497 e. The van der Waals surface area contributed by atoms with E-state index in [1.807, 2.05) is 0 Å². The number of amides is 4. The van der Waals surface area contributed by atoms with Crippen molar-refractivity contribution in [2.24, 2.45) is 0 Å². The molecule has 0 atom stereocenters. The van der Waals surface area contributed by atoms with Crippen LogP contribution in [0.15, 0.2) is 48.0 Å². The second-order valence-electron chi connectivity index (χ2n) is 7.48. The smallest absolute Gasteiger partial charge is 0.335 e. The van der Waals surface area contributed by atoms with Gasteiger partial charge in [-0.3, -0.25) is 14.9 Å². The predicted octanol–water partition coefficient (Wildman–Crippen LogP) is 4.33. The van der Waals surface area contributed by atoms with E-state index >= 15 is 0 Å². The molecule has 3 rings (SSSR count). The number of carbonyl (C=O) groups excluding carboxylic acids is 3. The van der Waals surface area contributed by atoms with Crippen LogP contribution in [0.5, 0.6) is 17.2 Å². The molecule has 1 fully saturated rings. The number of imide groups is 2. The minimum atomic E-state index is -0.809. The number of ether oxygens (including phenoxy) is 3. The minimum absolute atomic E-state index is 0.166. The highest BCUT2D eigenvalue weighted by molar-refractivity contribution is 6.39. The third-order valence-electron chi connectivity index (χ3n) is 5.19. The molecule has 1 N–H and O–H groups in total. The number of carbonyl (C=O) groups is 3. The first-order valence-corrected chi connectivity index (χ1v) is 10.8. The summed E-state index contributed by atoms with van der Waals surface area (Å²) in [5.41, 5.74) is 0.717. The summed E-state index contributed by atoms with van der Waals surface area (Å²) in [7, 11) is 3.04. The van der Waals surface area contributed by atoms with Gasteiger partial charge in [0.25, 0.3) is 11.8 Å². The molecule has 1 heterocycles. The van der Waals surface area contributed by atoms with Gasteiger partial charge in [-0.05, 0) is 54.5 Å². The molecule has 0 aliphatic carbocycles. The molecule has 0 radical (unpaired) electrons. The Hall–Kier alpha value is -3.81. The first-order valence-electron chi connectivity index (χ1n) is 10.8. The number of urea groups is 1. The molecule has 1 aliphatic rings. The summed E-state index contributed by atoms with van der Waals surface area (Å²) in [5, 5.41) is 2.21. The van der Waals surface area contributed by atoms with Crippen molar-refractivity contribution in [1.29, 1.82) is 0 Å².